The fourth-order valence-electron chi connectivity index (χ4n) is 2.54. The first-order valence-corrected chi connectivity index (χ1v) is 6.63. The Morgan fingerprint density at radius 1 is 1.10 bits per heavy atom. The number of amides is 1. The molecule has 3 rings (SSSR count). The van der Waals surface area contributed by atoms with Gasteiger partial charge in [0.25, 0.3) is 5.91 Å². The summed E-state index contributed by atoms with van der Waals surface area (Å²) in [4.78, 5) is 25.2. The third kappa shape index (κ3) is 2.23. The number of nitrogens with zero attached hydrogens (tertiary/aromatic N) is 1. The Morgan fingerprint density at radius 2 is 1.80 bits per heavy atom. The van der Waals surface area contributed by atoms with Gasteiger partial charge in [0.2, 0.25) is 0 Å². The number of hydrogen-bond acceptors (Lipinski definition) is 2. The van der Waals surface area contributed by atoms with Crippen LogP contribution < -0.4 is 4.90 Å². The predicted octanol–water partition coefficient (Wildman–Crippen LogP) is 2.98. The number of hydrogen-bond donors (Lipinski definition) is 0. The summed E-state index contributed by atoms with van der Waals surface area (Å²) < 4.78 is 0. The van der Waals surface area contributed by atoms with Gasteiger partial charge in [0.05, 0.1) is 6.54 Å². The molecule has 3 nitrogen and oxygen atoms in total. The number of Topliss-reactive ketones (excluding diaryl/α,β-unsaturated/α-hetero) is 1. The molecule has 0 aromatic heterocycles. The molecule has 0 unspecified atom stereocenters. The van der Waals surface area contributed by atoms with Crippen LogP contribution in [0.5, 0.6) is 0 Å². The molecule has 1 amide bonds. The number of anilines is 1. The van der Waals surface area contributed by atoms with Crippen LogP contribution >= 0.6 is 0 Å². The second-order valence-electron chi connectivity index (χ2n) is 5.09. The van der Waals surface area contributed by atoms with E-state index in [2.05, 4.69) is 0 Å². The fourth-order valence-corrected chi connectivity index (χ4v) is 2.54. The molecular weight excluding hydrogens is 250 g/mol. The first kappa shape index (κ1) is 12.6. The Balaban J connectivity index is 1.85. The second-order valence-corrected chi connectivity index (χ2v) is 5.09. The van der Waals surface area contributed by atoms with Crippen LogP contribution in [0.2, 0.25) is 0 Å². The molecule has 0 bridgehead atoms. The molecule has 3 heteroatoms. The lowest BCUT2D eigenvalue weighted by atomic mass is 10.1. The summed E-state index contributed by atoms with van der Waals surface area (Å²) >= 11 is 0. The van der Waals surface area contributed by atoms with Gasteiger partial charge in [-0.15, -0.1) is 0 Å². The van der Waals surface area contributed by atoms with Crippen molar-refractivity contribution in [3.63, 3.8) is 0 Å². The molecule has 1 heterocycles. The van der Waals surface area contributed by atoms with Crippen LogP contribution in [0.1, 0.15) is 28.4 Å². The van der Waals surface area contributed by atoms with Crippen molar-refractivity contribution in [1.29, 1.82) is 0 Å². The smallest absolute Gasteiger partial charge is 0.258 e. The molecule has 0 aliphatic carbocycles. The van der Waals surface area contributed by atoms with E-state index in [1.165, 1.54) is 0 Å². The quantitative estimate of drug-likeness (QED) is 0.855. The molecule has 2 aromatic carbocycles. The number of benzene rings is 2. The van der Waals surface area contributed by atoms with Gasteiger partial charge in [-0.25, -0.2) is 0 Å². The predicted molar refractivity (Wildman–Crippen MR) is 77.8 cm³/mol. The largest absolute Gasteiger partial charge is 0.304 e. The maximum Gasteiger partial charge on any atom is 0.258 e. The Hall–Kier alpha value is -2.42. The molecule has 0 saturated heterocycles. The monoisotopic (exact) mass is 265 g/mol. The van der Waals surface area contributed by atoms with Crippen LogP contribution in [0.15, 0.2) is 48.5 Å². The van der Waals surface area contributed by atoms with Crippen LogP contribution in [-0.4, -0.2) is 11.7 Å². The minimum absolute atomic E-state index is 0.0416. The van der Waals surface area contributed by atoms with Crippen molar-refractivity contribution in [2.45, 2.75) is 19.9 Å². The standard InChI is InChI=1S/C17H15NO2/c1-12(19)10-13-6-8-15(9-7-13)18-11-14-4-2-3-5-16(14)17(18)20/h2-9H,10-11H2,1H3. The summed E-state index contributed by atoms with van der Waals surface area (Å²) in [5, 5.41) is 0. The van der Waals surface area contributed by atoms with Gasteiger partial charge < -0.3 is 4.90 Å². The van der Waals surface area contributed by atoms with Crippen molar-refractivity contribution in [2.75, 3.05) is 4.90 Å². The Kier molecular flexibility index (Phi) is 3.11. The van der Waals surface area contributed by atoms with Crippen LogP contribution in [0.4, 0.5) is 5.69 Å². The lowest BCUT2D eigenvalue weighted by Gasteiger charge is -2.16. The van der Waals surface area contributed by atoms with Gasteiger partial charge in [-0.1, -0.05) is 30.3 Å². The van der Waals surface area contributed by atoms with Crippen LogP contribution in [0.25, 0.3) is 0 Å². The highest BCUT2D eigenvalue weighted by Gasteiger charge is 2.27. The van der Waals surface area contributed by atoms with Gasteiger partial charge in [-0.05, 0) is 36.2 Å². The highest BCUT2D eigenvalue weighted by Crippen LogP contribution is 2.28. The summed E-state index contributed by atoms with van der Waals surface area (Å²) in [5.74, 6) is 0.183. The molecule has 0 radical (unpaired) electrons. The lowest BCUT2D eigenvalue weighted by molar-refractivity contribution is -0.116. The highest BCUT2D eigenvalue weighted by atomic mass is 16.2. The van der Waals surface area contributed by atoms with Crippen molar-refractivity contribution in [1.82, 2.24) is 0 Å². The summed E-state index contributed by atoms with van der Waals surface area (Å²) in [6, 6.07) is 15.3. The third-order valence-corrected chi connectivity index (χ3v) is 3.52. The third-order valence-electron chi connectivity index (χ3n) is 3.52. The molecule has 2 aromatic rings. The van der Waals surface area contributed by atoms with E-state index < -0.39 is 0 Å². The molecule has 0 fully saturated rings. The number of ketones is 1. The molecule has 20 heavy (non-hydrogen) atoms. The maximum absolute atomic E-state index is 12.3. The SMILES string of the molecule is CC(=O)Cc1ccc(N2Cc3ccccc3C2=O)cc1. The molecular formula is C17H15NO2. The van der Waals surface area contributed by atoms with Crippen molar-refractivity contribution >= 4 is 17.4 Å². The van der Waals surface area contributed by atoms with E-state index in [0.717, 1.165) is 22.4 Å². The van der Waals surface area contributed by atoms with E-state index in [1.54, 1.807) is 11.8 Å². The number of carbonyl (C=O) groups excluding carboxylic acids is 2. The van der Waals surface area contributed by atoms with Crippen LogP contribution in [0, 0.1) is 0 Å². The fraction of sp³-hybridized carbons (Fsp3) is 0.176. The summed E-state index contributed by atoms with van der Waals surface area (Å²) in [7, 11) is 0. The van der Waals surface area contributed by atoms with Gasteiger partial charge in [0.1, 0.15) is 5.78 Å². The summed E-state index contributed by atoms with van der Waals surface area (Å²) in [6.45, 7) is 2.19. The van der Waals surface area contributed by atoms with Gasteiger partial charge in [0, 0.05) is 17.7 Å². The van der Waals surface area contributed by atoms with E-state index in [-0.39, 0.29) is 11.7 Å². The Morgan fingerprint density at radius 3 is 2.45 bits per heavy atom. The van der Waals surface area contributed by atoms with Gasteiger partial charge in [-0.2, -0.15) is 0 Å². The molecule has 0 spiro atoms. The maximum atomic E-state index is 12.3. The Labute approximate surface area is 117 Å². The first-order valence-electron chi connectivity index (χ1n) is 6.63. The summed E-state index contributed by atoms with van der Waals surface area (Å²) in [5.41, 5.74) is 3.69. The lowest BCUT2D eigenvalue weighted by Crippen LogP contribution is -2.22. The second kappa shape index (κ2) is 4.93. The molecule has 0 saturated carbocycles. The van der Waals surface area contributed by atoms with Crippen LogP contribution in [-0.2, 0) is 17.8 Å². The zero-order valence-electron chi connectivity index (χ0n) is 11.3. The van der Waals surface area contributed by atoms with E-state index in [1.807, 2.05) is 48.5 Å². The van der Waals surface area contributed by atoms with Crippen molar-refractivity contribution in [3.8, 4) is 0 Å². The van der Waals surface area contributed by atoms with E-state index >= 15 is 0 Å². The molecule has 1 aliphatic rings. The molecule has 0 atom stereocenters. The van der Waals surface area contributed by atoms with E-state index in [4.69, 9.17) is 0 Å². The topological polar surface area (TPSA) is 37.4 Å². The summed E-state index contributed by atoms with van der Waals surface area (Å²) in [6.07, 6.45) is 0.439. The van der Waals surface area contributed by atoms with Crippen molar-refractivity contribution < 1.29 is 9.59 Å². The number of rotatable bonds is 3. The normalized spacial score (nSPS) is 13.4. The highest BCUT2D eigenvalue weighted by molar-refractivity contribution is 6.09. The van der Waals surface area contributed by atoms with Gasteiger partial charge in [-0.3, -0.25) is 9.59 Å². The van der Waals surface area contributed by atoms with Crippen molar-refractivity contribution in [3.05, 3.63) is 65.2 Å². The molecule has 100 valence electrons. The van der Waals surface area contributed by atoms with Crippen LogP contribution in [0.3, 0.4) is 0 Å². The molecule has 1 aliphatic heterocycles. The first-order chi connectivity index (χ1) is 9.65. The number of carbonyl (C=O) groups is 2. The van der Waals surface area contributed by atoms with Gasteiger partial charge in [0.15, 0.2) is 0 Å². The zero-order chi connectivity index (χ0) is 14.1. The van der Waals surface area contributed by atoms with Crippen molar-refractivity contribution in [2.24, 2.45) is 0 Å². The zero-order valence-corrected chi connectivity index (χ0v) is 11.3. The van der Waals surface area contributed by atoms with E-state index in [9.17, 15) is 9.59 Å². The number of fused-ring (bicyclic) bond motifs is 1. The average molecular weight is 265 g/mol. The molecule has 0 N–H and O–H groups in total. The minimum Gasteiger partial charge on any atom is -0.304 e. The average Bonchev–Trinajstić information content (AvgIpc) is 2.77. The Bertz CT molecular complexity index is 674. The minimum atomic E-state index is 0.0416. The van der Waals surface area contributed by atoms with E-state index in [0.29, 0.717) is 13.0 Å². The van der Waals surface area contributed by atoms with Gasteiger partial charge >= 0.3 is 0 Å².